The maximum Gasteiger partial charge on any atom is 0.0438 e. The van der Waals surface area contributed by atoms with Gasteiger partial charge in [0.2, 0.25) is 0 Å². The van der Waals surface area contributed by atoms with Crippen LogP contribution < -0.4 is 5.32 Å². The Bertz CT molecular complexity index is 349. The minimum Gasteiger partial charge on any atom is -0.310 e. The molecule has 0 aliphatic heterocycles. The smallest absolute Gasteiger partial charge is 0.0438 e. The van der Waals surface area contributed by atoms with E-state index < -0.39 is 0 Å². The Morgan fingerprint density at radius 3 is 2.59 bits per heavy atom. The second-order valence-corrected chi connectivity index (χ2v) is 5.52. The van der Waals surface area contributed by atoms with E-state index in [1.807, 2.05) is 6.92 Å². The van der Waals surface area contributed by atoms with Crippen LogP contribution in [0.3, 0.4) is 0 Å². The average Bonchev–Trinajstić information content (AvgIpc) is 2.30. The summed E-state index contributed by atoms with van der Waals surface area (Å²) in [7, 11) is 0. The van der Waals surface area contributed by atoms with E-state index in [9.17, 15) is 0 Å². The highest BCUT2D eigenvalue weighted by atomic mass is 35.5. The van der Waals surface area contributed by atoms with Crippen LogP contribution in [0.4, 0.5) is 0 Å². The number of nitrogens with one attached hydrogen (secondary N) is 1. The molecule has 0 spiro atoms. The molecule has 0 aliphatic rings. The molecule has 0 amide bonds. The molecule has 0 aliphatic carbocycles. The van der Waals surface area contributed by atoms with Crippen molar-refractivity contribution in [2.75, 3.05) is 0 Å². The minimum absolute atomic E-state index is 0.560. The van der Waals surface area contributed by atoms with E-state index in [-0.39, 0.29) is 0 Å². The summed E-state index contributed by atoms with van der Waals surface area (Å²) in [4.78, 5) is 0. The van der Waals surface area contributed by atoms with Crippen LogP contribution in [0.25, 0.3) is 0 Å². The van der Waals surface area contributed by atoms with E-state index in [1.165, 1.54) is 18.4 Å². The summed E-state index contributed by atoms with van der Waals surface area (Å²) >= 11 is 6.11. The molecule has 2 heteroatoms. The normalized spacial score (nSPS) is 14.6. The predicted octanol–water partition coefficient (Wildman–Crippen LogP) is 4.56. The Morgan fingerprint density at radius 1 is 1.29 bits per heavy atom. The monoisotopic (exact) mass is 253 g/mol. The predicted molar refractivity (Wildman–Crippen MR) is 76.6 cm³/mol. The molecule has 0 fully saturated rings. The molecule has 1 aromatic carbocycles. The van der Waals surface area contributed by atoms with E-state index in [2.05, 4.69) is 44.3 Å². The van der Waals surface area contributed by atoms with Gasteiger partial charge in [0.25, 0.3) is 0 Å². The molecule has 0 bridgehead atoms. The maximum absolute atomic E-state index is 6.11. The van der Waals surface area contributed by atoms with Crippen molar-refractivity contribution in [1.29, 1.82) is 0 Å². The van der Waals surface area contributed by atoms with Crippen molar-refractivity contribution in [1.82, 2.24) is 5.32 Å². The largest absolute Gasteiger partial charge is 0.310 e. The van der Waals surface area contributed by atoms with Crippen molar-refractivity contribution in [3.05, 3.63) is 34.3 Å². The quantitative estimate of drug-likeness (QED) is 0.784. The molecule has 0 radical (unpaired) electrons. The van der Waals surface area contributed by atoms with Crippen LogP contribution in [0.2, 0.25) is 5.02 Å². The van der Waals surface area contributed by atoms with Crippen molar-refractivity contribution >= 4 is 11.6 Å². The van der Waals surface area contributed by atoms with Gasteiger partial charge in [0.05, 0.1) is 0 Å². The molecular weight excluding hydrogens is 230 g/mol. The number of hydrogen-bond acceptors (Lipinski definition) is 1. The van der Waals surface area contributed by atoms with Gasteiger partial charge in [-0.3, -0.25) is 0 Å². The first-order chi connectivity index (χ1) is 8.02. The van der Waals surface area contributed by atoms with Crippen LogP contribution in [-0.4, -0.2) is 6.04 Å². The van der Waals surface area contributed by atoms with Gasteiger partial charge in [0.15, 0.2) is 0 Å². The summed E-state index contributed by atoms with van der Waals surface area (Å²) in [5.74, 6) is 0.791. The van der Waals surface area contributed by atoms with Crippen LogP contribution in [-0.2, 0) is 6.54 Å². The Kier molecular flexibility index (Phi) is 6.01. The summed E-state index contributed by atoms with van der Waals surface area (Å²) in [6.07, 6.45) is 2.48. The second-order valence-electron chi connectivity index (χ2n) is 5.11. The number of aryl methyl sites for hydroxylation is 1. The van der Waals surface area contributed by atoms with E-state index in [4.69, 9.17) is 11.6 Å². The molecule has 2 atom stereocenters. The summed E-state index contributed by atoms with van der Waals surface area (Å²) in [5.41, 5.74) is 2.40. The maximum atomic E-state index is 6.11. The van der Waals surface area contributed by atoms with Gasteiger partial charge in [-0.05, 0) is 43.4 Å². The van der Waals surface area contributed by atoms with E-state index in [0.717, 1.165) is 23.0 Å². The van der Waals surface area contributed by atoms with Crippen molar-refractivity contribution in [2.24, 2.45) is 5.92 Å². The lowest BCUT2D eigenvalue weighted by Crippen LogP contribution is -2.27. The van der Waals surface area contributed by atoms with Crippen molar-refractivity contribution < 1.29 is 0 Å². The molecule has 1 rings (SSSR count). The van der Waals surface area contributed by atoms with Crippen molar-refractivity contribution in [3.63, 3.8) is 0 Å². The third-order valence-electron chi connectivity index (χ3n) is 3.34. The standard InChI is InChI=1S/C15H24ClN/c1-5-11(2)8-13(4)17-10-14-7-6-12(3)15(16)9-14/h6-7,9,11,13,17H,5,8,10H2,1-4H3. The zero-order valence-corrected chi connectivity index (χ0v) is 12.1. The zero-order chi connectivity index (χ0) is 12.8. The average molecular weight is 254 g/mol. The van der Waals surface area contributed by atoms with Gasteiger partial charge in [-0.25, -0.2) is 0 Å². The van der Waals surface area contributed by atoms with Gasteiger partial charge in [-0.1, -0.05) is 44.0 Å². The van der Waals surface area contributed by atoms with Gasteiger partial charge in [0, 0.05) is 17.6 Å². The topological polar surface area (TPSA) is 12.0 Å². The summed E-state index contributed by atoms with van der Waals surface area (Å²) < 4.78 is 0. The number of hydrogen-bond donors (Lipinski definition) is 1. The molecule has 1 aromatic rings. The highest BCUT2D eigenvalue weighted by molar-refractivity contribution is 6.31. The summed E-state index contributed by atoms with van der Waals surface area (Å²) in [5, 5.41) is 4.41. The van der Waals surface area contributed by atoms with Crippen molar-refractivity contribution in [2.45, 2.75) is 53.1 Å². The molecule has 96 valence electrons. The summed E-state index contributed by atoms with van der Waals surface area (Å²) in [6.45, 7) is 9.74. The van der Waals surface area contributed by atoms with Crippen LogP contribution >= 0.6 is 11.6 Å². The summed E-state index contributed by atoms with van der Waals surface area (Å²) in [6, 6.07) is 6.84. The van der Waals surface area contributed by atoms with Gasteiger partial charge < -0.3 is 5.32 Å². The lowest BCUT2D eigenvalue weighted by atomic mass is 10.0. The molecule has 0 aromatic heterocycles. The molecule has 1 nitrogen and oxygen atoms in total. The van der Waals surface area contributed by atoms with Gasteiger partial charge in [-0.2, -0.15) is 0 Å². The van der Waals surface area contributed by atoms with Gasteiger partial charge in [0.1, 0.15) is 0 Å². The van der Waals surface area contributed by atoms with Crippen molar-refractivity contribution in [3.8, 4) is 0 Å². The molecule has 2 unspecified atom stereocenters. The number of halogens is 1. The third kappa shape index (κ3) is 5.10. The van der Waals surface area contributed by atoms with E-state index >= 15 is 0 Å². The lowest BCUT2D eigenvalue weighted by molar-refractivity contribution is 0.412. The molecule has 0 saturated carbocycles. The van der Waals surface area contributed by atoms with Crippen LogP contribution in [0.15, 0.2) is 18.2 Å². The molecule has 17 heavy (non-hydrogen) atoms. The lowest BCUT2D eigenvalue weighted by Gasteiger charge is -2.17. The first-order valence-corrected chi connectivity index (χ1v) is 6.89. The fraction of sp³-hybridized carbons (Fsp3) is 0.600. The first-order valence-electron chi connectivity index (χ1n) is 6.51. The van der Waals surface area contributed by atoms with E-state index in [1.54, 1.807) is 0 Å². The van der Waals surface area contributed by atoms with Crippen LogP contribution in [0, 0.1) is 12.8 Å². The molecular formula is C15H24ClN. The second kappa shape index (κ2) is 7.03. The Morgan fingerprint density at radius 2 is 2.00 bits per heavy atom. The Hall–Kier alpha value is -0.530. The number of rotatable bonds is 6. The highest BCUT2D eigenvalue weighted by Crippen LogP contribution is 2.17. The Labute approximate surface area is 111 Å². The fourth-order valence-corrected chi connectivity index (χ4v) is 2.10. The van der Waals surface area contributed by atoms with Gasteiger partial charge in [-0.15, -0.1) is 0 Å². The Balaban J connectivity index is 2.42. The van der Waals surface area contributed by atoms with Gasteiger partial charge >= 0.3 is 0 Å². The highest BCUT2D eigenvalue weighted by Gasteiger charge is 2.06. The van der Waals surface area contributed by atoms with E-state index in [0.29, 0.717) is 6.04 Å². The zero-order valence-electron chi connectivity index (χ0n) is 11.4. The molecule has 1 N–H and O–H groups in total. The first kappa shape index (κ1) is 14.5. The number of benzene rings is 1. The molecule has 0 heterocycles. The minimum atomic E-state index is 0.560. The third-order valence-corrected chi connectivity index (χ3v) is 3.75. The molecule has 0 saturated heterocycles. The van der Waals surface area contributed by atoms with Crippen LogP contribution in [0.1, 0.15) is 44.7 Å². The van der Waals surface area contributed by atoms with Crippen LogP contribution in [0.5, 0.6) is 0 Å². The fourth-order valence-electron chi connectivity index (χ4n) is 1.89. The SMILES string of the molecule is CCC(C)CC(C)NCc1ccc(C)c(Cl)c1.